The van der Waals surface area contributed by atoms with Crippen molar-refractivity contribution in [2.24, 2.45) is 0 Å². The van der Waals surface area contributed by atoms with Gasteiger partial charge in [0.15, 0.2) is 5.82 Å². The van der Waals surface area contributed by atoms with E-state index in [9.17, 15) is 0 Å². The first-order valence-electron chi connectivity index (χ1n) is 7.20. The Labute approximate surface area is 119 Å². The highest BCUT2D eigenvalue weighted by Gasteiger charge is 2.13. The molecule has 6 nitrogen and oxygen atoms in total. The first kappa shape index (κ1) is 14.7. The van der Waals surface area contributed by atoms with Gasteiger partial charge in [0.25, 0.3) is 0 Å². The predicted octanol–water partition coefficient (Wildman–Crippen LogP) is 1.99. The zero-order chi connectivity index (χ0) is 14.5. The molecule has 6 heteroatoms. The lowest BCUT2D eigenvalue weighted by molar-refractivity contribution is 0.360. The van der Waals surface area contributed by atoms with Crippen LogP contribution in [0.5, 0.6) is 0 Å². The van der Waals surface area contributed by atoms with Gasteiger partial charge in [0, 0.05) is 24.2 Å². The van der Waals surface area contributed by atoms with Crippen molar-refractivity contribution in [3.05, 3.63) is 28.7 Å². The number of rotatable bonds is 7. The average molecular weight is 277 g/mol. The normalized spacial score (nSPS) is 11.2. The second-order valence-electron chi connectivity index (χ2n) is 4.94. The van der Waals surface area contributed by atoms with Crippen molar-refractivity contribution in [1.82, 2.24) is 25.2 Å². The molecule has 0 saturated heterocycles. The van der Waals surface area contributed by atoms with E-state index in [-0.39, 0.29) is 0 Å². The van der Waals surface area contributed by atoms with E-state index < -0.39 is 0 Å². The van der Waals surface area contributed by atoms with Gasteiger partial charge in [0.1, 0.15) is 6.54 Å². The van der Waals surface area contributed by atoms with E-state index in [4.69, 9.17) is 4.52 Å². The lowest BCUT2D eigenvalue weighted by Gasteiger charge is -2.04. The van der Waals surface area contributed by atoms with Gasteiger partial charge in [-0.15, -0.1) is 0 Å². The highest BCUT2D eigenvalue weighted by Crippen LogP contribution is 2.14. The summed E-state index contributed by atoms with van der Waals surface area (Å²) in [6.45, 7) is 10.7. The quantitative estimate of drug-likeness (QED) is 0.784. The van der Waals surface area contributed by atoms with Gasteiger partial charge < -0.3 is 9.84 Å². The minimum atomic E-state index is 0.535. The molecule has 0 aliphatic rings. The Kier molecular flexibility index (Phi) is 4.89. The van der Waals surface area contributed by atoms with Crippen molar-refractivity contribution in [3.63, 3.8) is 0 Å². The molecular weight excluding hydrogens is 254 g/mol. The molecule has 1 N–H and O–H groups in total. The Bertz CT molecular complexity index is 558. The van der Waals surface area contributed by atoms with E-state index in [0.717, 1.165) is 43.1 Å². The smallest absolute Gasteiger partial charge is 0.248 e. The Morgan fingerprint density at radius 3 is 2.70 bits per heavy atom. The Hall–Kier alpha value is -1.69. The zero-order valence-electron chi connectivity index (χ0n) is 12.7. The first-order valence-corrected chi connectivity index (χ1v) is 7.20. The third-order valence-corrected chi connectivity index (χ3v) is 3.37. The maximum absolute atomic E-state index is 5.22. The lowest BCUT2D eigenvalue weighted by atomic mass is 10.2. The minimum Gasteiger partial charge on any atom is -0.337 e. The van der Waals surface area contributed by atoms with Crippen LogP contribution in [0.2, 0.25) is 0 Å². The van der Waals surface area contributed by atoms with Crippen molar-refractivity contribution in [3.8, 4) is 0 Å². The van der Waals surface area contributed by atoms with Crippen molar-refractivity contribution in [1.29, 1.82) is 0 Å². The zero-order valence-corrected chi connectivity index (χ0v) is 12.7. The Balaban J connectivity index is 2.10. The summed E-state index contributed by atoms with van der Waals surface area (Å²) in [7, 11) is 0. The van der Waals surface area contributed by atoms with E-state index in [0.29, 0.717) is 12.4 Å². The minimum absolute atomic E-state index is 0.535. The summed E-state index contributed by atoms with van der Waals surface area (Å²) < 4.78 is 7.16. The molecule has 2 rings (SSSR count). The molecule has 2 heterocycles. The molecule has 0 spiro atoms. The number of hydrogen-bond donors (Lipinski definition) is 1. The molecule has 2 aromatic heterocycles. The molecule has 0 radical (unpaired) electrons. The molecule has 0 aliphatic heterocycles. The second kappa shape index (κ2) is 6.65. The third-order valence-electron chi connectivity index (χ3n) is 3.37. The van der Waals surface area contributed by atoms with E-state index in [1.54, 1.807) is 0 Å². The summed E-state index contributed by atoms with van der Waals surface area (Å²) in [5.41, 5.74) is 3.47. The molecule has 0 atom stereocenters. The molecular formula is C14H23N5O. The largest absolute Gasteiger partial charge is 0.337 e. The van der Waals surface area contributed by atoms with Crippen molar-refractivity contribution < 1.29 is 4.52 Å². The summed E-state index contributed by atoms with van der Waals surface area (Å²) >= 11 is 0. The van der Waals surface area contributed by atoms with Crippen LogP contribution in [0.25, 0.3) is 0 Å². The fourth-order valence-electron chi connectivity index (χ4n) is 2.16. The van der Waals surface area contributed by atoms with E-state index in [1.165, 1.54) is 5.56 Å². The van der Waals surface area contributed by atoms with Crippen LogP contribution < -0.4 is 5.32 Å². The van der Waals surface area contributed by atoms with Gasteiger partial charge in [-0.25, -0.2) is 0 Å². The van der Waals surface area contributed by atoms with Crippen LogP contribution >= 0.6 is 0 Å². The molecule has 0 bridgehead atoms. The molecule has 0 saturated carbocycles. The van der Waals surface area contributed by atoms with E-state index in [1.807, 2.05) is 18.5 Å². The molecule has 110 valence electrons. The van der Waals surface area contributed by atoms with Gasteiger partial charge in [-0.3, -0.25) is 4.68 Å². The lowest BCUT2D eigenvalue weighted by Crippen LogP contribution is -2.15. The summed E-state index contributed by atoms with van der Waals surface area (Å²) in [5.74, 6) is 1.35. The molecule has 0 fully saturated rings. The third kappa shape index (κ3) is 3.25. The van der Waals surface area contributed by atoms with Gasteiger partial charge in [-0.1, -0.05) is 19.0 Å². The number of hydrogen-bond acceptors (Lipinski definition) is 5. The summed E-state index contributed by atoms with van der Waals surface area (Å²) in [5, 5.41) is 11.9. The SMILES string of the molecule is CCCNCc1c(C)nn(Cc2nc(CC)no2)c1C. The summed E-state index contributed by atoms with van der Waals surface area (Å²) in [4.78, 5) is 4.33. The van der Waals surface area contributed by atoms with Crippen LogP contribution in [0, 0.1) is 13.8 Å². The maximum Gasteiger partial charge on any atom is 0.248 e. The molecule has 0 amide bonds. The fraction of sp³-hybridized carbons (Fsp3) is 0.643. The second-order valence-corrected chi connectivity index (χ2v) is 4.94. The summed E-state index contributed by atoms with van der Waals surface area (Å²) in [6.07, 6.45) is 1.92. The van der Waals surface area contributed by atoms with Crippen LogP contribution in [0.15, 0.2) is 4.52 Å². The molecule has 0 aromatic carbocycles. The van der Waals surface area contributed by atoms with Gasteiger partial charge in [-0.05, 0) is 26.8 Å². The van der Waals surface area contributed by atoms with Crippen molar-refractivity contribution >= 4 is 0 Å². The van der Waals surface area contributed by atoms with Crippen LogP contribution in [0.4, 0.5) is 0 Å². The standard InChI is InChI=1S/C14H23N5O/c1-5-7-15-8-12-10(3)17-19(11(12)4)9-14-16-13(6-2)18-20-14/h15H,5-9H2,1-4H3. The number of nitrogens with one attached hydrogen (secondary N) is 1. The van der Waals surface area contributed by atoms with Crippen LogP contribution in [0.3, 0.4) is 0 Å². The van der Waals surface area contributed by atoms with Crippen LogP contribution in [-0.4, -0.2) is 26.5 Å². The Morgan fingerprint density at radius 2 is 2.05 bits per heavy atom. The monoisotopic (exact) mass is 277 g/mol. The molecule has 0 unspecified atom stereocenters. The fourth-order valence-corrected chi connectivity index (χ4v) is 2.16. The maximum atomic E-state index is 5.22. The highest BCUT2D eigenvalue weighted by molar-refractivity contribution is 5.24. The van der Waals surface area contributed by atoms with Crippen LogP contribution in [0.1, 0.15) is 48.9 Å². The first-order chi connectivity index (χ1) is 9.65. The van der Waals surface area contributed by atoms with Gasteiger partial charge in [-0.2, -0.15) is 10.1 Å². The van der Waals surface area contributed by atoms with E-state index >= 15 is 0 Å². The van der Waals surface area contributed by atoms with Crippen molar-refractivity contribution in [2.45, 2.75) is 53.6 Å². The van der Waals surface area contributed by atoms with Gasteiger partial charge in [0.05, 0.1) is 5.69 Å². The summed E-state index contributed by atoms with van der Waals surface area (Å²) in [6, 6.07) is 0. The van der Waals surface area contributed by atoms with Crippen molar-refractivity contribution in [2.75, 3.05) is 6.54 Å². The number of aryl methyl sites for hydroxylation is 2. The molecule has 2 aromatic rings. The van der Waals surface area contributed by atoms with Crippen LogP contribution in [-0.2, 0) is 19.5 Å². The topological polar surface area (TPSA) is 68.8 Å². The van der Waals surface area contributed by atoms with Gasteiger partial charge >= 0.3 is 0 Å². The molecule has 20 heavy (non-hydrogen) atoms. The predicted molar refractivity (Wildman–Crippen MR) is 76.5 cm³/mol. The number of nitrogens with zero attached hydrogens (tertiary/aromatic N) is 4. The highest BCUT2D eigenvalue weighted by atomic mass is 16.5. The number of aromatic nitrogens is 4. The van der Waals surface area contributed by atoms with E-state index in [2.05, 4.69) is 34.4 Å². The molecule has 0 aliphatic carbocycles. The Morgan fingerprint density at radius 1 is 1.25 bits per heavy atom. The van der Waals surface area contributed by atoms with Gasteiger partial charge in [0.2, 0.25) is 5.89 Å². The average Bonchev–Trinajstić information content (AvgIpc) is 2.99.